The van der Waals surface area contributed by atoms with Gasteiger partial charge in [-0.05, 0) is 47.9 Å². The maximum Gasteiger partial charge on any atom is 0.191 e. The zero-order valence-corrected chi connectivity index (χ0v) is 15.7. The summed E-state index contributed by atoms with van der Waals surface area (Å²) in [7, 11) is 1.80. The van der Waals surface area contributed by atoms with Crippen molar-refractivity contribution in [2.24, 2.45) is 4.99 Å². The number of guanidine groups is 1. The summed E-state index contributed by atoms with van der Waals surface area (Å²) in [5.74, 6) is 0.797. The van der Waals surface area contributed by atoms with E-state index in [4.69, 9.17) is 0 Å². The molecule has 0 saturated heterocycles. The monoisotopic (exact) mass is 352 g/mol. The Kier molecular flexibility index (Phi) is 5.66. The lowest BCUT2D eigenvalue weighted by atomic mass is 10.1. The van der Waals surface area contributed by atoms with Gasteiger partial charge in [-0.3, -0.25) is 4.99 Å². The molecule has 0 saturated carbocycles. The first-order valence-corrected chi connectivity index (χ1v) is 9.56. The fourth-order valence-electron chi connectivity index (χ4n) is 2.81. The number of aryl methyl sites for hydroxylation is 1. The number of nitrogens with zero attached hydrogens (tertiary/aromatic N) is 1. The van der Waals surface area contributed by atoms with E-state index in [1.54, 1.807) is 18.8 Å². The molecule has 1 aromatic heterocycles. The molecule has 25 heavy (non-hydrogen) atoms. The van der Waals surface area contributed by atoms with Gasteiger partial charge in [0.2, 0.25) is 0 Å². The fraction of sp³-hybridized carbons (Fsp3) is 0.250. The van der Waals surface area contributed by atoms with Crippen LogP contribution in [0.2, 0.25) is 0 Å². The summed E-state index contributed by atoms with van der Waals surface area (Å²) in [5, 5.41) is 7.99. The van der Waals surface area contributed by atoms with E-state index in [1.165, 1.54) is 21.4 Å². The summed E-state index contributed by atoms with van der Waals surface area (Å²) in [6, 6.07) is 17.0. The van der Waals surface area contributed by atoms with E-state index >= 15 is 0 Å². The number of thioether (sulfide) groups is 1. The highest BCUT2D eigenvalue weighted by Crippen LogP contribution is 2.21. The summed E-state index contributed by atoms with van der Waals surface area (Å²) >= 11 is 1.78. The summed E-state index contributed by atoms with van der Waals surface area (Å²) in [6.07, 6.45) is 2.11. The van der Waals surface area contributed by atoms with Crippen LogP contribution in [0.15, 0.2) is 58.4 Å². The van der Waals surface area contributed by atoms with E-state index in [2.05, 4.69) is 76.3 Å². The lowest BCUT2D eigenvalue weighted by Crippen LogP contribution is -2.36. The Hall–Kier alpha value is -2.40. The number of hydrogen-bond donors (Lipinski definition) is 3. The van der Waals surface area contributed by atoms with Gasteiger partial charge < -0.3 is 15.6 Å². The molecule has 0 fully saturated rings. The smallest absolute Gasteiger partial charge is 0.191 e. The summed E-state index contributed by atoms with van der Waals surface area (Å²) in [4.78, 5) is 9.05. The van der Waals surface area contributed by atoms with E-state index in [0.29, 0.717) is 6.54 Å². The first-order chi connectivity index (χ1) is 12.2. The standard InChI is InChI=1S/C20H24N4S/c1-14-8-9-16(19(10-14)25-3)12-22-20(21-2)23-13-17-11-15-6-4-5-7-18(15)24-17/h4-11,24H,12-13H2,1-3H3,(H2,21,22,23). The zero-order valence-electron chi connectivity index (χ0n) is 14.9. The van der Waals surface area contributed by atoms with Gasteiger partial charge in [-0.25, -0.2) is 0 Å². The number of fused-ring (bicyclic) bond motifs is 1. The number of benzene rings is 2. The predicted molar refractivity (Wildman–Crippen MR) is 108 cm³/mol. The molecular weight excluding hydrogens is 328 g/mol. The Labute approximate surface area is 153 Å². The molecule has 0 aliphatic heterocycles. The van der Waals surface area contributed by atoms with Gasteiger partial charge in [-0.1, -0.05) is 30.3 Å². The molecule has 0 spiro atoms. The third kappa shape index (κ3) is 4.37. The van der Waals surface area contributed by atoms with Crippen molar-refractivity contribution in [3.63, 3.8) is 0 Å². The van der Waals surface area contributed by atoms with Crippen molar-refractivity contribution in [2.75, 3.05) is 13.3 Å². The maximum atomic E-state index is 4.32. The molecule has 0 aliphatic rings. The molecule has 5 heteroatoms. The van der Waals surface area contributed by atoms with Gasteiger partial charge in [0.15, 0.2) is 5.96 Å². The quantitative estimate of drug-likeness (QED) is 0.369. The second kappa shape index (κ2) is 8.12. The minimum absolute atomic E-state index is 0.706. The van der Waals surface area contributed by atoms with Gasteiger partial charge in [-0.2, -0.15) is 0 Å². The maximum absolute atomic E-state index is 4.32. The van der Waals surface area contributed by atoms with Crippen molar-refractivity contribution in [3.8, 4) is 0 Å². The molecule has 2 aromatic carbocycles. The van der Waals surface area contributed by atoms with Gasteiger partial charge in [0.25, 0.3) is 0 Å². The second-order valence-electron chi connectivity index (χ2n) is 5.98. The first kappa shape index (κ1) is 17.4. The van der Waals surface area contributed by atoms with Gasteiger partial charge in [0.05, 0.1) is 6.54 Å². The molecule has 0 bridgehead atoms. The Morgan fingerprint density at radius 1 is 1.08 bits per heavy atom. The number of aliphatic imine (C=N–C) groups is 1. The minimum atomic E-state index is 0.706. The molecule has 3 rings (SSSR count). The van der Waals surface area contributed by atoms with Gasteiger partial charge in [-0.15, -0.1) is 11.8 Å². The third-order valence-electron chi connectivity index (χ3n) is 4.14. The highest BCUT2D eigenvalue weighted by atomic mass is 32.2. The Bertz CT molecular complexity index is 849. The lowest BCUT2D eigenvalue weighted by Gasteiger charge is -2.13. The van der Waals surface area contributed by atoms with Crippen LogP contribution in [0.3, 0.4) is 0 Å². The van der Waals surface area contributed by atoms with Crippen LogP contribution in [0.4, 0.5) is 0 Å². The molecule has 0 aliphatic carbocycles. The average molecular weight is 353 g/mol. The highest BCUT2D eigenvalue weighted by molar-refractivity contribution is 7.98. The normalized spacial score (nSPS) is 11.7. The molecule has 1 heterocycles. The lowest BCUT2D eigenvalue weighted by molar-refractivity contribution is 0.792. The molecule has 3 aromatic rings. The van der Waals surface area contributed by atoms with E-state index in [0.717, 1.165) is 23.7 Å². The Morgan fingerprint density at radius 2 is 1.88 bits per heavy atom. The van der Waals surface area contributed by atoms with Crippen molar-refractivity contribution in [3.05, 3.63) is 65.4 Å². The van der Waals surface area contributed by atoms with E-state index in [9.17, 15) is 0 Å². The van der Waals surface area contributed by atoms with Gasteiger partial charge in [0.1, 0.15) is 0 Å². The minimum Gasteiger partial charge on any atom is -0.357 e. The molecule has 0 radical (unpaired) electrons. The molecule has 0 amide bonds. The summed E-state index contributed by atoms with van der Waals surface area (Å²) in [6.45, 7) is 3.58. The largest absolute Gasteiger partial charge is 0.357 e. The SMILES string of the molecule is CN=C(NCc1cc2ccccc2[nH]1)NCc1ccc(C)cc1SC. The van der Waals surface area contributed by atoms with Crippen LogP contribution < -0.4 is 10.6 Å². The van der Waals surface area contributed by atoms with Crippen LogP contribution in [0.1, 0.15) is 16.8 Å². The average Bonchev–Trinajstić information content (AvgIpc) is 3.05. The first-order valence-electron chi connectivity index (χ1n) is 8.34. The van der Waals surface area contributed by atoms with Crippen LogP contribution in [0, 0.1) is 6.92 Å². The zero-order chi connectivity index (χ0) is 17.6. The van der Waals surface area contributed by atoms with Crippen LogP contribution in [-0.2, 0) is 13.1 Å². The number of hydrogen-bond acceptors (Lipinski definition) is 2. The van der Waals surface area contributed by atoms with Crippen LogP contribution in [-0.4, -0.2) is 24.2 Å². The van der Waals surface area contributed by atoms with Crippen molar-refractivity contribution < 1.29 is 0 Å². The van der Waals surface area contributed by atoms with Crippen LogP contribution in [0.25, 0.3) is 10.9 Å². The molecular formula is C20H24N4S. The summed E-state index contributed by atoms with van der Waals surface area (Å²) in [5.41, 5.74) is 4.87. The van der Waals surface area contributed by atoms with E-state index < -0.39 is 0 Å². The van der Waals surface area contributed by atoms with Crippen molar-refractivity contribution >= 4 is 28.6 Å². The highest BCUT2D eigenvalue weighted by Gasteiger charge is 2.05. The van der Waals surface area contributed by atoms with Crippen LogP contribution in [0.5, 0.6) is 0 Å². The van der Waals surface area contributed by atoms with Crippen LogP contribution >= 0.6 is 11.8 Å². The number of aromatic nitrogens is 1. The number of rotatable bonds is 5. The third-order valence-corrected chi connectivity index (χ3v) is 4.96. The Morgan fingerprint density at radius 3 is 2.64 bits per heavy atom. The second-order valence-corrected chi connectivity index (χ2v) is 6.82. The molecule has 3 N–H and O–H groups in total. The van der Waals surface area contributed by atoms with Gasteiger partial charge in [0, 0.05) is 29.7 Å². The van der Waals surface area contributed by atoms with E-state index in [-0.39, 0.29) is 0 Å². The molecule has 130 valence electrons. The molecule has 0 unspecified atom stereocenters. The number of nitrogens with one attached hydrogen (secondary N) is 3. The summed E-state index contributed by atoms with van der Waals surface area (Å²) < 4.78 is 0. The molecule has 4 nitrogen and oxygen atoms in total. The fourth-order valence-corrected chi connectivity index (χ4v) is 3.51. The van der Waals surface area contributed by atoms with E-state index in [1.807, 2.05) is 6.07 Å². The molecule has 0 atom stereocenters. The topological polar surface area (TPSA) is 52.2 Å². The van der Waals surface area contributed by atoms with Crippen molar-refractivity contribution in [2.45, 2.75) is 24.9 Å². The number of H-pyrrole nitrogens is 1. The van der Waals surface area contributed by atoms with Crippen molar-refractivity contribution in [1.82, 2.24) is 15.6 Å². The predicted octanol–water partition coefficient (Wildman–Crippen LogP) is 4.06. The number of para-hydroxylation sites is 1. The Balaban J connectivity index is 1.60. The number of aromatic amines is 1. The van der Waals surface area contributed by atoms with Gasteiger partial charge >= 0.3 is 0 Å². The van der Waals surface area contributed by atoms with Crippen molar-refractivity contribution in [1.29, 1.82) is 0 Å².